The molecule has 8 nitrogen and oxygen atoms in total. The van der Waals surface area contributed by atoms with Gasteiger partial charge >= 0.3 is 13.0 Å². The number of fused-ring (bicyclic) bond motifs is 1. The molecular formula is C30H40BFN2O6. The predicted octanol–water partition coefficient (Wildman–Crippen LogP) is 3.24. The molecule has 3 fully saturated rings. The molecule has 9 atom stereocenters. The van der Waals surface area contributed by atoms with Crippen molar-refractivity contribution in [1.29, 1.82) is 0 Å². The van der Waals surface area contributed by atoms with Gasteiger partial charge in [-0.25, -0.2) is 9.18 Å². The molecule has 40 heavy (non-hydrogen) atoms. The number of aliphatic hydroxyl groups is 1. The van der Waals surface area contributed by atoms with Crippen molar-refractivity contribution in [2.75, 3.05) is 7.05 Å². The molecule has 5 rings (SSSR count). The van der Waals surface area contributed by atoms with Crippen LogP contribution < -0.4 is 10.2 Å². The topological polar surface area (TPSA) is 120 Å². The van der Waals surface area contributed by atoms with Gasteiger partial charge in [-0.2, -0.15) is 5.10 Å². The van der Waals surface area contributed by atoms with Crippen LogP contribution in [-0.4, -0.2) is 64.4 Å². The number of rotatable bonds is 5. The Bertz CT molecular complexity index is 1270. The van der Waals surface area contributed by atoms with Gasteiger partial charge in [-0.05, 0) is 66.0 Å². The first-order valence-electron chi connectivity index (χ1n) is 14.2. The zero-order valence-electron chi connectivity index (χ0n) is 23.9. The summed E-state index contributed by atoms with van der Waals surface area (Å²) in [6, 6.07) is 2.90. The van der Waals surface area contributed by atoms with E-state index in [1.165, 1.54) is 24.2 Å². The molecule has 216 valence electrons. The fourth-order valence-electron chi connectivity index (χ4n) is 8.82. The Morgan fingerprint density at radius 1 is 1.32 bits per heavy atom. The minimum Gasteiger partial charge on any atom is -0.478 e. The number of carbonyl (C=O) groups excluding carboxylic acids is 1. The molecule has 0 amide bonds. The van der Waals surface area contributed by atoms with E-state index < -0.39 is 59.1 Å². The molecule has 3 saturated carbocycles. The number of benzene rings is 1. The number of aliphatic carboxylic acids is 1. The van der Waals surface area contributed by atoms with Crippen molar-refractivity contribution >= 4 is 30.5 Å². The maximum atomic E-state index is 15.9. The van der Waals surface area contributed by atoms with Gasteiger partial charge in [0.15, 0.2) is 17.7 Å². The number of ether oxygens (including phenoxy) is 1. The summed E-state index contributed by atoms with van der Waals surface area (Å²) >= 11 is 0. The van der Waals surface area contributed by atoms with Crippen molar-refractivity contribution in [3.8, 4) is 5.75 Å². The van der Waals surface area contributed by atoms with E-state index in [1.807, 2.05) is 20.8 Å². The first-order chi connectivity index (χ1) is 18.7. The Hall–Kier alpha value is -2.72. The van der Waals surface area contributed by atoms with Gasteiger partial charge < -0.3 is 24.9 Å². The highest BCUT2D eigenvalue weighted by molar-refractivity contribution is 6.65. The molecule has 1 unspecified atom stereocenters. The number of carboxylic acids is 1. The summed E-state index contributed by atoms with van der Waals surface area (Å²) in [5.41, 5.74) is -1.79. The molecule has 0 spiro atoms. The van der Waals surface area contributed by atoms with Crippen LogP contribution in [0.2, 0.25) is 0 Å². The molecule has 0 radical (unpaired) electrons. The van der Waals surface area contributed by atoms with Gasteiger partial charge in [0.05, 0.1) is 12.3 Å². The maximum absolute atomic E-state index is 15.9. The quantitative estimate of drug-likeness (QED) is 0.378. The van der Waals surface area contributed by atoms with Crippen molar-refractivity contribution in [2.45, 2.75) is 72.0 Å². The second-order valence-corrected chi connectivity index (χ2v) is 13.1. The van der Waals surface area contributed by atoms with E-state index in [0.717, 1.165) is 12.8 Å². The smallest absolute Gasteiger partial charge is 0.469 e. The SMILES string of the molecule is C=C[C@]1(C)C[C@@H](C(Oc2ccc3c(c2F)B(O)N(C)N=C3)C(=O)O)[C@@]2(C)[C@H](C)CC[C@]3(CCC(=O)[C@H]32)[C@@H](C)[C@@H]1O. The molecule has 0 aromatic heterocycles. The number of hydrogen-bond donors (Lipinski definition) is 3. The molecule has 10 heteroatoms. The van der Waals surface area contributed by atoms with Crippen LogP contribution in [0.5, 0.6) is 5.75 Å². The van der Waals surface area contributed by atoms with Gasteiger partial charge in [-0.3, -0.25) is 4.79 Å². The van der Waals surface area contributed by atoms with Crippen LogP contribution in [0.25, 0.3) is 0 Å². The van der Waals surface area contributed by atoms with E-state index in [0.29, 0.717) is 18.4 Å². The molecule has 4 aliphatic rings. The van der Waals surface area contributed by atoms with Crippen LogP contribution in [0.15, 0.2) is 29.9 Å². The summed E-state index contributed by atoms with van der Waals surface area (Å²) in [6.07, 6.45) is 3.57. The van der Waals surface area contributed by atoms with E-state index in [2.05, 4.69) is 18.6 Å². The molecule has 1 aromatic carbocycles. The lowest BCUT2D eigenvalue weighted by Crippen LogP contribution is -2.63. The standard InChI is InChI=1S/C30H40BFN2O6/c1-7-28(4)14-19(29(5)16(2)10-12-30(17(3)26(28)36)13-11-20(35)25(29)30)24(27(37)38)40-21-9-8-18-15-33-34(6)31(39)22(18)23(21)32/h7-9,15-17,19,24-26,36,39H,1,10-14H2,2-6H3,(H,37,38)/t16-,17+,19+,24?,25+,26+,28-,29-,30+/m1/s1. The van der Waals surface area contributed by atoms with Crippen LogP contribution in [-0.2, 0) is 9.59 Å². The maximum Gasteiger partial charge on any atom is 0.469 e. The predicted molar refractivity (Wildman–Crippen MR) is 150 cm³/mol. The molecule has 1 heterocycles. The Morgan fingerprint density at radius 3 is 2.67 bits per heavy atom. The van der Waals surface area contributed by atoms with Gasteiger partial charge in [-0.1, -0.05) is 33.8 Å². The lowest BCUT2D eigenvalue weighted by molar-refractivity contribution is -0.193. The normalized spacial score (nSPS) is 39.6. The number of nitrogens with zero attached hydrogens (tertiary/aromatic N) is 2. The second-order valence-electron chi connectivity index (χ2n) is 13.1. The number of Topliss-reactive ketones (excluding diaryl/α,β-unsaturated/α-hetero) is 1. The zero-order valence-corrected chi connectivity index (χ0v) is 23.9. The van der Waals surface area contributed by atoms with Gasteiger partial charge in [-0.15, -0.1) is 6.58 Å². The number of halogens is 1. The first-order valence-corrected chi connectivity index (χ1v) is 14.2. The highest BCUT2D eigenvalue weighted by atomic mass is 19.1. The van der Waals surface area contributed by atoms with E-state index in [1.54, 1.807) is 12.1 Å². The van der Waals surface area contributed by atoms with Gasteiger partial charge in [0.1, 0.15) is 5.78 Å². The first kappa shape index (κ1) is 28.8. The fraction of sp³-hybridized carbons (Fsp3) is 0.633. The third kappa shape index (κ3) is 3.89. The number of hydrogen-bond acceptors (Lipinski definition) is 7. The highest BCUT2D eigenvalue weighted by Crippen LogP contribution is 2.69. The lowest BCUT2D eigenvalue weighted by Gasteiger charge is -2.63. The van der Waals surface area contributed by atoms with Gasteiger partial charge in [0, 0.05) is 36.2 Å². The molecular weight excluding hydrogens is 514 g/mol. The Kier molecular flexibility index (Phi) is 6.98. The number of hydrazone groups is 1. The number of carbonyl (C=O) groups is 2. The summed E-state index contributed by atoms with van der Waals surface area (Å²) in [4.78, 5) is 27.9. The van der Waals surface area contributed by atoms with Crippen LogP contribution in [0, 0.1) is 45.7 Å². The van der Waals surface area contributed by atoms with Gasteiger partial charge in [0.2, 0.25) is 0 Å². The van der Waals surface area contributed by atoms with Crippen molar-refractivity contribution < 1.29 is 34.0 Å². The third-order valence-electron chi connectivity index (χ3n) is 11.5. The van der Waals surface area contributed by atoms with Crippen molar-refractivity contribution in [3.05, 3.63) is 36.2 Å². The molecule has 1 aromatic rings. The fourth-order valence-corrected chi connectivity index (χ4v) is 8.82. The molecule has 3 aliphatic carbocycles. The summed E-state index contributed by atoms with van der Waals surface area (Å²) in [7, 11) is 0.144. The minimum atomic E-state index is -1.52. The van der Waals surface area contributed by atoms with E-state index >= 15 is 4.39 Å². The van der Waals surface area contributed by atoms with Crippen molar-refractivity contribution in [1.82, 2.24) is 4.92 Å². The monoisotopic (exact) mass is 554 g/mol. The zero-order chi connectivity index (χ0) is 29.4. The minimum absolute atomic E-state index is 0.0142. The largest absolute Gasteiger partial charge is 0.478 e. The third-order valence-corrected chi connectivity index (χ3v) is 11.5. The van der Waals surface area contributed by atoms with Crippen molar-refractivity contribution in [2.24, 2.45) is 45.0 Å². The molecule has 3 N–H and O–H groups in total. The molecule has 2 bridgehead atoms. The van der Waals surface area contributed by atoms with Gasteiger partial charge in [0.25, 0.3) is 0 Å². The number of ketones is 1. The van der Waals surface area contributed by atoms with Crippen LogP contribution in [0.1, 0.15) is 65.4 Å². The van der Waals surface area contributed by atoms with E-state index in [4.69, 9.17) is 4.74 Å². The summed E-state index contributed by atoms with van der Waals surface area (Å²) in [5, 5.41) is 37.0. The number of carboxylic acid groups (broad SMARTS) is 1. The van der Waals surface area contributed by atoms with Crippen LogP contribution >= 0.6 is 0 Å². The van der Waals surface area contributed by atoms with Crippen LogP contribution in [0.4, 0.5) is 4.39 Å². The van der Waals surface area contributed by atoms with E-state index in [9.17, 15) is 24.8 Å². The Morgan fingerprint density at radius 2 is 2.02 bits per heavy atom. The lowest BCUT2D eigenvalue weighted by atomic mass is 9.41. The average Bonchev–Trinajstić information content (AvgIpc) is 3.27. The summed E-state index contributed by atoms with van der Waals surface area (Å²) in [5.74, 6) is -3.71. The van der Waals surface area contributed by atoms with Crippen LogP contribution in [0.3, 0.4) is 0 Å². The average molecular weight is 554 g/mol. The summed E-state index contributed by atoms with van der Waals surface area (Å²) in [6.45, 7) is 12.0. The number of aliphatic hydroxyl groups excluding tert-OH is 1. The van der Waals surface area contributed by atoms with E-state index in [-0.39, 0.29) is 35.3 Å². The second kappa shape index (κ2) is 9.69. The molecule has 1 aliphatic heterocycles. The van der Waals surface area contributed by atoms with Crippen molar-refractivity contribution in [3.63, 3.8) is 0 Å². The Balaban J connectivity index is 1.67. The molecule has 0 saturated heterocycles. The highest BCUT2D eigenvalue weighted by Gasteiger charge is 2.69. The Labute approximate surface area is 235 Å². The summed E-state index contributed by atoms with van der Waals surface area (Å²) < 4.78 is 22.0.